The number of carboxylic acid groups (broad SMARTS) is 1. The molecule has 1 atom stereocenters. The van der Waals surface area contributed by atoms with E-state index < -0.39 is 12.0 Å². The number of thiophene rings is 1. The van der Waals surface area contributed by atoms with Crippen LogP contribution in [0.3, 0.4) is 0 Å². The summed E-state index contributed by atoms with van der Waals surface area (Å²) in [7, 11) is 0. The standard InChI is InChI=1S/C16H16ClNO3S/c17-12-5-3-11(4-6-12)8-13(9-16(20)21)18-15(19)10-14-2-1-7-22-14/h1-7,13H,8-10H2,(H,18,19)(H,20,21)/t13-/m0/s1. The lowest BCUT2D eigenvalue weighted by Gasteiger charge is -2.17. The third-order valence-electron chi connectivity index (χ3n) is 3.10. The number of nitrogens with one attached hydrogen (secondary N) is 1. The first kappa shape index (κ1) is 16.5. The largest absolute Gasteiger partial charge is 0.481 e. The Kier molecular flexibility index (Phi) is 5.98. The Labute approximate surface area is 137 Å². The van der Waals surface area contributed by atoms with Crippen LogP contribution in [0.2, 0.25) is 5.02 Å². The number of benzene rings is 1. The molecule has 0 saturated carbocycles. The van der Waals surface area contributed by atoms with E-state index in [4.69, 9.17) is 16.7 Å². The zero-order chi connectivity index (χ0) is 15.9. The van der Waals surface area contributed by atoms with Gasteiger partial charge < -0.3 is 10.4 Å². The molecule has 0 aliphatic heterocycles. The molecule has 0 radical (unpaired) electrons. The average Bonchev–Trinajstić information content (AvgIpc) is 2.93. The van der Waals surface area contributed by atoms with E-state index in [1.54, 1.807) is 12.1 Å². The van der Waals surface area contributed by atoms with E-state index in [1.807, 2.05) is 29.6 Å². The predicted octanol–water partition coefficient (Wildman–Crippen LogP) is 3.15. The molecule has 0 bridgehead atoms. The van der Waals surface area contributed by atoms with Crippen LogP contribution in [0.1, 0.15) is 16.9 Å². The summed E-state index contributed by atoms with van der Waals surface area (Å²) in [6, 6.07) is 10.5. The molecule has 0 aliphatic rings. The Morgan fingerprint density at radius 3 is 2.55 bits per heavy atom. The highest BCUT2D eigenvalue weighted by Gasteiger charge is 2.17. The number of carbonyl (C=O) groups excluding carboxylic acids is 1. The maximum atomic E-state index is 12.0. The topological polar surface area (TPSA) is 66.4 Å². The Balaban J connectivity index is 1.97. The van der Waals surface area contributed by atoms with Gasteiger partial charge in [-0.3, -0.25) is 9.59 Å². The Morgan fingerprint density at radius 1 is 1.23 bits per heavy atom. The third kappa shape index (κ3) is 5.50. The van der Waals surface area contributed by atoms with Crippen LogP contribution >= 0.6 is 22.9 Å². The molecule has 6 heteroatoms. The number of hydrogen-bond acceptors (Lipinski definition) is 3. The molecule has 1 aromatic carbocycles. The summed E-state index contributed by atoms with van der Waals surface area (Å²) in [4.78, 5) is 24.0. The number of carboxylic acids is 1. The average molecular weight is 338 g/mol. The molecule has 0 saturated heterocycles. The summed E-state index contributed by atoms with van der Waals surface area (Å²) in [6.07, 6.45) is 0.618. The zero-order valence-corrected chi connectivity index (χ0v) is 13.4. The van der Waals surface area contributed by atoms with Gasteiger partial charge in [0.25, 0.3) is 0 Å². The first-order chi connectivity index (χ1) is 10.5. The normalized spacial score (nSPS) is 11.9. The number of carbonyl (C=O) groups is 2. The summed E-state index contributed by atoms with van der Waals surface area (Å²) in [6.45, 7) is 0. The van der Waals surface area contributed by atoms with Gasteiger partial charge in [0.05, 0.1) is 12.8 Å². The second-order valence-electron chi connectivity index (χ2n) is 4.95. The minimum absolute atomic E-state index is 0.112. The van der Waals surface area contributed by atoms with E-state index in [-0.39, 0.29) is 18.7 Å². The predicted molar refractivity (Wildman–Crippen MR) is 87.4 cm³/mol. The number of halogens is 1. The van der Waals surface area contributed by atoms with Crippen LogP contribution < -0.4 is 5.32 Å². The lowest BCUT2D eigenvalue weighted by atomic mass is 10.0. The maximum Gasteiger partial charge on any atom is 0.305 e. The Morgan fingerprint density at radius 2 is 1.95 bits per heavy atom. The fourth-order valence-electron chi connectivity index (χ4n) is 2.14. The molecule has 22 heavy (non-hydrogen) atoms. The van der Waals surface area contributed by atoms with Crippen molar-refractivity contribution in [3.63, 3.8) is 0 Å². The van der Waals surface area contributed by atoms with Crippen LogP contribution in [-0.4, -0.2) is 23.0 Å². The molecule has 0 unspecified atom stereocenters. The van der Waals surface area contributed by atoms with Gasteiger partial charge in [0.15, 0.2) is 0 Å². The Hall–Kier alpha value is -1.85. The molecule has 0 fully saturated rings. The van der Waals surface area contributed by atoms with Gasteiger partial charge in [-0.1, -0.05) is 29.8 Å². The number of amides is 1. The van der Waals surface area contributed by atoms with Crippen LogP contribution in [-0.2, 0) is 22.4 Å². The highest BCUT2D eigenvalue weighted by Crippen LogP contribution is 2.13. The van der Waals surface area contributed by atoms with Crippen molar-refractivity contribution in [2.24, 2.45) is 0 Å². The van der Waals surface area contributed by atoms with Gasteiger partial charge in [0.1, 0.15) is 0 Å². The summed E-state index contributed by atoms with van der Waals surface area (Å²) in [5.41, 5.74) is 0.937. The van der Waals surface area contributed by atoms with E-state index in [0.717, 1.165) is 10.4 Å². The lowest BCUT2D eigenvalue weighted by Crippen LogP contribution is -2.38. The van der Waals surface area contributed by atoms with Gasteiger partial charge in [-0.25, -0.2) is 0 Å². The minimum Gasteiger partial charge on any atom is -0.481 e. The van der Waals surface area contributed by atoms with E-state index >= 15 is 0 Å². The van der Waals surface area contributed by atoms with Crippen molar-refractivity contribution in [2.45, 2.75) is 25.3 Å². The van der Waals surface area contributed by atoms with Crippen molar-refractivity contribution in [1.82, 2.24) is 5.32 Å². The summed E-state index contributed by atoms with van der Waals surface area (Å²) >= 11 is 7.34. The molecular formula is C16H16ClNO3S. The lowest BCUT2D eigenvalue weighted by molar-refractivity contribution is -0.137. The molecule has 1 aromatic heterocycles. The molecule has 0 spiro atoms. The second kappa shape index (κ2) is 7.96. The van der Waals surface area contributed by atoms with Gasteiger partial charge in [-0.05, 0) is 35.6 Å². The third-order valence-corrected chi connectivity index (χ3v) is 4.22. The Bertz CT molecular complexity index is 625. The zero-order valence-electron chi connectivity index (χ0n) is 11.8. The molecule has 2 aromatic rings. The smallest absolute Gasteiger partial charge is 0.305 e. The quantitative estimate of drug-likeness (QED) is 0.815. The molecule has 0 aliphatic carbocycles. The van der Waals surface area contributed by atoms with Crippen LogP contribution in [0.25, 0.3) is 0 Å². The van der Waals surface area contributed by atoms with Crippen LogP contribution in [0.5, 0.6) is 0 Å². The van der Waals surface area contributed by atoms with E-state index in [2.05, 4.69) is 5.32 Å². The van der Waals surface area contributed by atoms with E-state index in [0.29, 0.717) is 11.4 Å². The summed E-state index contributed by atoms with van der Waals surface area (Å²) in [5, 5.41) is 14.3. The molecule has 116 valence electrons. The first-order valence-corrected chi connectivity index (χ1v) is 8.06. The van der Waals surface area contributed by atoms with Crippen molar-refractivity contribution in [3.05, 3.63) is 57.2 Å². The van der Waals surface area contributed by atoms with Gasteiger partial charge in [0, 0.05) is 15.9 Å². The fourth-order valence-corrected chi connectivity index (χ4v) is 2.97. The van der Waals surface area contributed by atoms with Crippen LogP contribution in [0.15, 0.2) is 41.8 Å². The van der Waals surface area contributed by atoms with Crippen molar-refractivity contribution >= 4 is 34.8 Å². The van der Waals surface area contributed by atoms with Crippen molar-refractivity contribution in [3.8, 4) is 0 Å². The van der Waals surface area contributed by atoms with Crippen LogP contribution in [0.4, 0.5) is 0 Å². The number of rotatable bonds is 7. The summed E-state index contributed by atoms with van der Waals surface area (Å²) < 4.78 is 0. The van der Waals surface area contributed by atoms with Crippen molar-refractivity contribution < 1.29 is 14.7 Å². The van der Waals surface area contributed by atoms with Gasteiger partial charge in [-0.15, -0.1) is 11.3 Å². The molecule has 1 heterocycles. The molecule has 2 N–H and O–H groups in total. The minimum atomic E-state index is -0.935. The monoisotopic (exact) mass is 337 g/mol. The van der Waals surface area contributed by atoms with Crippen molar-refractivity contribution in [2.75, 3.05) is 0 Å². The van der Waals surface area contributed by atoms with E-state index in [1.165, 1.54) is 11.3 Å². The summed E-state index contributed by atoms with van der Waals surface area (Å²) in [5.74, 6) is -1.10. The van der Waals surface area contributed by atoms with Crippen LogP contribution in [0, 0.1) is 0 Å². The molecular weight excluding hydrogens is 322 g/mol. The number of aliphatic carboxylic acids is 1. The van der Waals surface area contributed by atoms with E-state index in [9.17, 15) is 9.59 Å². The molecule has 4 nitrogen and oxygen atoms in total. The van der Waals surface area contributed by atoms with Gasteiger partial charge in [0.2, 0.25) is 5.91 Å². The second-order valence-corrected chi connectivity index (χ2v) is 6.42. The van der Waals surface area contributed by atoms with Gasteiger partial charge in [-0.2, -0.15) is 0 Å². The highest BCUT2D eigenvalue weighted by molar-refractivity contribution is 7.10. The number of hydrogen-bond donors (Lipinski definition) is 2. The van der Waals surface area contributed by atoms with Gasteiger partial charge >= 0.3 is 5.97 Å². The van der Waals surface area contributed by atoms with Crippen molar-refractivity contribution in [1.29, 1.82) is 0 Å². The highest BCUT2D eigenvalue weighted by atomic mass is 35.5. The molecule has 1 amide bonds. The molecule has 2 rings (SSSR count). The first-order valence-electron chi connectivity index (χ1n) is 6.81. The SMILES string of the molecule is O=C(O)C[C@H](Cc1ccc(Cl)cc1)NC(=O)Cc1cccs1. The maximum absolute atomic E-state index is 12.0. The fraction of sp³-hybridized carbons (Fsp3) is 0.250.